The summed E-state index contributed by atoms with van der Waals surface area (Å²) in [4.78, 5) is 1.55. The van der Waals surface area contributed by atoms with Gasteiger partial charge in [-0.25, -0.2) is 0 Å². The normalized spacial score (nSPS) is 24.7. The van der Waals surface area contributed by atoms with E-state index >= 15 is 0 Å². The van der Waals surface area contributed by atoms with E-state index in [-0.39, 0.29) is 0 Å². The van der Waals surface area contributed by atoms with Gasteiger partial charge in [-0.2, -0.15) is 0 Å². The van der Waals surface area contributed by atoms with Crippen molar-refractivity contribution in [1.29, 1.82) is 0 Å². The van der Waals surface area contributed by atoms with Crippen molar-refractivity contribution in [3.63, 3.8) is 0 Å². The fourth-order valence-corrected chi connectivity index (χ4v) is 4.38. The molecule has 114 valence electrons. The van der Waals surface area contributed by atoms with Crippen LogP contribution in [0, 0.1) is 11.8 Å². The molecule has 1 N–H and O–H groups in total. The topological polar surface area (TPSA) is 12.0 Å². The van der Waals surface area contributed by atoms with Crippen molar-refractivity contribution in [3.8, 4) is 0 Å². The summed E-state index contributed by atoms with van der Waals surface area (Å²) in [6.07, 6.45) is 11.0. The van der Waals surface area contributed by atoms with Gasteiger partial charge in [0.05, 0.1) is 0 Å². The molecular formula is C18H31NS. The molecule has 3 unspecified atom stereocenters. The van der Waals surface area contributed by atoms with Crippen molar-refractivity contribution in [3.05, 3.63) is 22.4 Å². The third-order valence-corrected chi connectivity index (χ3v) is 5.84. The van der Waals surface area contributed by atoms with Crippen molar-refractivity contribution >= 4 is 11.3 Å². The Morgan fingerprint density at radius 3 is 2.95 bits per heavy atom. The lowest BCUT2D eigenvalue weighted by molar-refractivity contribution is 0.202. The first-order valence-electron chi connectivity index (χ1n) is 8.59. The molecular weight excluding hydrogens is 262 g/mol. The van der Waals surface area contributed by atoms with Crippen LogP contribution in [0.1, 0.15) is 63.7 Å². The van der Waals surface area contributed by atoms with E-state index in [0.29, 0.717) is 0 Å². The van der Waals surface area contributed by atoms with E-state index in [1.54, 1.807) is 4.88 Å². The van der Waals surface area contributed by atoms with Crippen molar-refractivity contribution < 1.29 is 0 Å². The van der Waals surface area contributed by atoms with Crippen LogP contribution in [-0.4, -0.2) is 12.6 Å². The Labute approximate surface area is 129 Å². The predicted octanol–water partition coefficient (Wildman–Crippen LogP) is 5.27. The lowest BCUT2D eigenvalue weighted by Crippen LogP contribution is -2.39. The fraction of sp³-hybridized carbons (Fsp3) is 0.778. The summed E-state index contributed by atoms with van der Waals surface area (Å²) in [5, 5.41) is 6.06. The van der Waals surface area contributed by atoms with Crippen LogP contribution < -0.4 is 5.32 Å². The Hall–Kier alpha value is -0.340. The van der Waals surface area contributed by atoms with Crippen molar-refractivity contribution in [1.82, 2.24) is 5.32 Å². The minimum Gasteiger partial charge on any atom is -0.314 e. The third-order valence-electron chi connectivity index (χ3n) is 4.91. The van der Waals surface area contributed by atoms with E-state index in [2.05, 4.69) is 36.7 Å². The Morgan fingerprint density at radius 1 is 1.35 bits per heavy atom. The summed E-state index contributed by atoms with van der Waals surface area (Å²) in [6.45, 7) is 5.83. The van der Waals surface area contributed by atoms with Gasteiger partial charge in [0.2, 0.25) is 0 Å². The SMILES string of the molecule is CCCNC(CCc1cccs1)C1CCCC(CC)C1. The molecule has 0 bridgehead atoms. The number of hydrogen-bond acceptors (Lipinski definition) is 2. The number of nitrogens with one attached hydrogen (secondary N) is 1. The second-order valence-corrected chi connectivity index (χ2v) is 7.41. The van der Waals surface area contributed by atoms with E-state index in [0.717, 1.165) is 17.9 Å². The highest BCUT2D eigenvalue weighted by atomic mass is 32.1. The maximum absolute atomic E-state index is 3.85. The molecule has 1 aromatic rings. The van der Waals surface area contributed by atoms with Crippen LogP contribution in [0.2, 0.25) is 0 Å². The molecule has 1 aromatic heterocycles. The van der Waals surface area contributed by atoms with Gasteiger partial charge in [0.25, 0.3) is 0 Å². The van der Waals surface area contributed by atoms with Gasteiger partial charge in [-0.15, -0.1) is 11.3 Å². The van der Waals surface area contributed by atoms with Crippen molar-refractivity contribution in [2.24, 2.45) is 11.8 Å². The summed E-state index contributed by atoms with van der Waals surface area (Å²) in [5.41, 5.74) is 0. The first kappa shape index (κ1) is 16.0. The number of aryl methyl sites for hydroxylation is 1. The maximum atomic E-state index is 3.85. The molecule has 3 atom stereocenters. The smallest absolute Gasteiger partial charge is 0.00988 e. The largest absolute Gasteiger partial charge is 0.314 e. The van der Waals surface area contributed by atoms with Gasteiger partial charge in [-0.1, -0.05) is 39.2 Å². The number of rotatable bonds is 8. The first-order valence-corrected chi connectivity index (χ1v) is 9.47. The fourth-order valence-electron chi connectivity index (χ4n) is 3.66. The molecule has 1 aliphatic rings. The Morgan fingerprint density at radius 2 is 2.25 bits per heavy atom. The minimum atomic E-state index is 0.742. The lowest BCUT2D eigenvalue weighted by Gasteiger charge is -2.35. The molecule has 1 fully saturated rings. The summed E-state index contributed by atoms with van der Waals surface area (Å²) >= 11 is 1.91. The van der Waals surface area contributed by atoms with Crippen LogP contribution in [0.15, 0.2) is 17.5 Å². The van der Waals surface area contributed by atoms with Crippen LogP contribution in [-0.2, 0) is 6.42 Å². The second-order valence-electron chi connectivity index (χ2n) is 6.38. The third kappa shape index (κ3) is 4.89. The van der Waals surface area contributed by atoms with E-state index in [9.17, 15) is 0 Å². The zero-order chi connectivity index (χ0) is 14.2. The average Bonchev–Trinajstić information content (AvgIpc) is 3.01. The molecule has 1 aliphatic carbocycles. The molecule has 1 saturated carbocycles. The number of thiophene rings is 1. The quantitative estimate of drug-likeness (QED) is 0.689. The standard InChI is InChI=1S/C18H31NS/c1-3-12-19-18(11-10-17-9-6-13-20-17)16-8-5-7-15(4-2)14-16/h6,9,13,15-16,18-19H,3-5,7-8,10-12,14H2,1-2H3. The monoisotopic (exact) mass is 293 g/mol. The van der Waals surface area contributed by atoms with Gasteiger partial charge in [-0.3, -0.25) is 0 Å². The Kier molecular flexibility index (Phi) is 7.09. The van der Waals surface area contributed by atoms with Gasteiger partial charge >= 0.3 is 0 Å². The van der Waals surface area contributed by atoms with Crippen LogP contribution in [0.25, 0.3) is 0 Å². The van der Waals surface area contributed by atoms with Crippen molar-refractivity contribution in [2.45, 2.75) is 71.3 Å². The predicted molar refractivity (Wildman–Crippen MR) is 90.5 cm³/mol. The zero-order valence-corrected chi connectivity index (χ0v) is 14.1. The van der Waals surface area contributed by atoms with Gasteiger partial charge in [0.1, 0.15) is 0 Å². The molecule has 0 amide bonds. The van der Waals surface area contributed by atoms with E-state index in [1.165, 1.54) is 57.9 Å². The van der Waals surface area contributed by atoms with Crippen LogP contribution in [0.5, 0.6) is 0 Å². The maximum Gasteiger partial charge on any atom is 0.00988 e. The van der Waals surface area contributed by atoms with Gasteiger partial charge in [-0.05, 0) is 61.9 Å². The Bertz CT molecular complexity index is 346. The van der Waals surface area contributed by atoms with Crippen LogP contribution >= 0.6 is 11.3 Å². The average molecular weight is 294 g/mol. The molecule has 2 heteroatoms. The first-order chi connectivity index (χ1) is 9.83. The van der Waals surface area contributed by atoms with E-state index < -0.39 is 0 Å². The summed E-state index contributed by atoms with van der Waals surface area (Å²) in [5.74, 6) is 1.90. The molecule has 2 rings (SSSR count). The highest BCUT2D eigenvalue weighted by Gasteiger charge is 2.27. The molecule has 0 aromatic carbocycles. The Balaban J connectivity index is 1.87. The van der Waals surface area contributed by atoms with Gasteiger partial charge < -0.3 is 5.32 Å². The van der Waals surface area contributed by atoms with Gasteiger partial charge in [0.15, 0.2) is 0 Å². The molecule has 20 heavy (non-hydrogen) atoms. The highest BCUT2D eigenvalue weighted by Crippen LogP contribution is 2.34. The van der Waals surface area contributed by atoms with Crippen LogP contribution in [0.4, 0.5) is 0 Å². The minimum absolute atomic E-state index is 0.742. The molecule has 1 heterocycles. The lowest BCUT2D eigenvalue weighted by atomic mass is 9.76. The van der Waals surface area contributed by atoms with E-state index in [1.807, 2.05) is 11.3 Å². The van der Waals surface area contributed by atoms with Gasteiger partial charge in [0, 0.05) is 10.9 Å². The molecule has 0 aliphatic heterocycles. The molecule has 0 saturated heterocycles. The summed E-state index contributed by atoms with van der Waals surface area (Å²) < 4.78 is 0. The zero-order valence-electron chi connectivity index (χ0n) is 13.2. The summed E-state index contributed by atoms with van der Waals surface area (Å²) in [7, 11) is 0. The van der Waals surface area contributed by atoms with Crippen molar-refractivity contribution in [2.75, 3.05) is 6.54 Å². The number of hydrogen-bond donors (Lipinski definition) is 1. The van der Waals surface area contributed by atoms with Crippen LogP contribution in [0.3, 0.4) is 0 Å². The molecule has 0 spiro atoms. The molecule has 1 nitrogen and oxygen atoms in total. The highest BCUT2D eigenvalue weighted by molar-refractivity contribution is 7.09. The summed E-state index contributed by atoms with van der Waals surface area (Å²) in [6, 6.07) is 5.21. The molecule has 0 radical (unpaired) electrons. The van der Waals surface area contributed by atoms with E-state index in [4.69, 9.17) is 0 Å². The second kappa shape index (κ2) is 8.84.